The second kappa shape index (κ2) is 6.08. The standard InChI is InChI=1S/C16H21N5/c1-13-11-14(7-9-17-13)20(2)15-5-4-10-21(12-15)16-6-3-8-18-19-16/h3,6-9,11,15H,4-5,10,12H2,1-2H3. The molecule has 1 saturated heterocycles. The number of hydrogen-bond donors (Lipinski definition) is 0. The van der Waals surface area contributed by atoms with Crippen LogP contribution in [0.25, 0.3) is 0 Å². The van der Waals surface area contributed by atoms with Gasteiger partial charge in [-0.15, -0.1) is 5.10 Å². The van der Waals surface area contributed by atoms with Crippen molar-refractivity contribution in [3.63, 3.8) is 0 Å². The fourth-order valence-electron chi connectivity index (χ4n) is 2.90. The van der Waals surface area contributed by atoms with Crippen LogP contribution in [0.2, 0.25) is 0 Å². The van der Waals surface area contributed by atoms with Crippen LogP contribution in [-0.4, -0.2) is 41.4 Å². The summed E-state index contributed by atoms with van der Waals surface area (Å²) in [6, 6.07) is 8.69. The predicted octanol–water partition coefficient (Wildman–Crippen LogP) is 2.29. The van der Waals surface area contributed by atoms with Crippen molar-refractivity contribution in [3.8, 4) is 0 Å². The van der Waals surface area contributed by atoms with Crippen LogP contribution >= 0.6 is 0 Å². The van der Waals surface area contributed by atoms with Gasteiger partial charge in [-0.2, -0.15) is 5.10 Å². The molecule has 5 heteroatoms. The third-order valence-electron chi connectivity index (χ3n) is 4.11. The maximum absolute atomic E-state index is 4.27. The number of nitrogens with zero attached hydrogens (tertiary/aromatic N) is 5. The number of likely N-dealkylation sites (N-methyl/N-ethyl adjacent to an activating group) is 1. The molecule has 1 aliphatic heterocycles. The molecule has 0 spiro atoms. The number of piperidine rings is 1. The summed E-state index contributed by atoms with van der Waals surface area (Å²) in [5.74, 6) is 0.974. The van der Waals surface area contributed by atoms with E-state index in [0.29, 0.717) is 6.04 Å². The first-order valence-electron chi connectivity index (χ1n) is 7.42. The van der Waals surface area contributed by atoms with Gasteiger partial charge in [0.05, 0.1) is 0 Å². The first kappa shape index (κ1) is 13.8. The number of pyridine rings is 1. The van der Waals surface area contributed by atoms with Crippen LogP contribution in [0.3, 0.4) is 0 Å². The number of hydrogen-bond acceptors (Lipinski definition) is 5. The highest BCUT2D eigenvalue weighted by molar-refractivity contribution is 5.48. The number of aromatic nitrogens is 3. The van der Waals surface area contributed by atoms with E-state index in [-0.39, 0.29) is 0 Å². The highest BCUT2D eigenvalue weighted by atomic mass is 15.3. The molecule has 0 bridgehead atoms. The molecular formula is C16H21N5. The van der Waals surface area contributed by atoms with Gasteiger partial charge >= 0.3 is 0 Å². The van der Waals surface area contributed by atoms with Crippen LogP contribution in [-0.2, 0) is 0 Å². The van der Waals surface area contributed by atoms with Gasteiger partial charge in [0, 0.05) is 50.0 Å². The van der Waals surface area contributed by atoms with Crippen molar-refractivity contribution in [2.75, 3.05) is 29.9 Å². The number of anilines is 2. The van der Waals surface area contributed by atoms with Gasteiger partial charge in [-0.05, 0) is 44.0 Å². The molecule has 3 rings (SSSR count). The molecule has 0 radical (unpaired) electrons. The molecule has 21 heavy (non-hydrogen) atoms. The van der Waals surface area contributed by atoms with Gasteiger partial charge in [-0.25, -0.2) is 0 Å². The second-order valence-corrected chi connectivity index (χ2v) is 5.59. The Balaban J connectivity index is 1.74. The average Bonchev–Trinajstić information content (AvgIpc) is 2.55. The Hall–Kier alpha value is -2.17. The van der Waals surface area contributed by atoms with Gasteiger partial charge in [-0.1, -0.05) is 0 Å². The van der Waals surface area contributed by atoms with Crippen LogP contribution < -0.4 is 9.80 Å². The van der Waals surface area contributed by atoms with Crippen molar-refractivity contribution in [2.45, 2.75) is 25.8 Å². The van der Waals surface area contributed by atoms with Crippen molar-refractivity contribution >= 4 is 11.5 Å². The fourth-order valence-corrected chi connectivity index (χ4v) is 2.90. The summed E-state index contributed by atoms with van der Waals surface area (Å²) in [7, 11) is 2.17. The van der Waals surface area contributed by atoms with E-state index in [1.807, 2.05) is 25.3 Å². The minimum Gasteiger partial charge on any atom is -0.370 e. The molecule has 2 aromatic rings. The van der Waals surface area contributed by atoms with Gasteiger partial charge in [0.2, 0.25) is 0 Å². The molecule has 0 aromatic carbocycles. The second-order valence-electron chi connectivity index (χ2n) is 5.59. The smallest absolute Gasteiger partial charge is 0.151 e. The van der Waals surface area contributed by atoms with E-state index in [4.69, 9.17) is 0 Å². The molecule has 5 nitrogen and oxygen atoms in total. The van der Waals surface area contributed by atoms with Crippen LogP contribution in [0, 0.1) is 6.92 Å². The van der Waals surface area contributed by atoms with Crippen molar-refractivity contribution in [1.29, 1.82) is 0 Å². The lowest BCUT2D eigenvalue weighted by atomic mass is 10.0. The Bertz CT molecular complexity index is 586. The summed E-state index contributed by atoms with van der Waals surface area (Å²) in [4.78, 5) is 8.96. The highest BCUT2D eigenvalue weighted by Crippen LogP contribution is 2.23. The predicted molar refractivity (Wildman–Crippen MR) is 84.6 cm³/mol. The van der Waals surface area contributed by atoms with Crippen molar-refractivity contribution in [3.05, 3.63) is 42.4 Å². The van der Waals surface area contributed by atoms with Crippen LogP contribution in [0.15, 0.2) is 36.7 Å². The Labute approximate surface area is 125 Å². The van der Waals surface area contributed by atoms with Crippen LogP contribution in [0.1, 0.15) is 18.5 Å². The Morgan fingerprint density at radius 2 is 2.19 bits per heavy atom. The maximum atomic E-state index is 4.27. The third kappa shape index (κ3) is 3.12. The highest BCUT2D eigenvalue weighted by Gasteiger charge is 2.24. The van der Waals surface area contributed by atoms with Crippen LogP contribution in [0.4, 0.5) is 11.5 Å². The molecule has 110 valence electrons. The quantitative estimate of drug-likeness (QED) is 0.865. The molecule has 3 heterocycles. The van der Waals surface area contributed by atoms with E-state index in [1.54, 1.807) is 6.20 Å². The third-order valence-corrected chi connectivity index (χ3v) is 4.11. The van der Waals surface area contributed by atoms with Gasteiger partial charge in [0.1, 0.15) is 0 Å². The largest absolute Gasteiger partial charge is 0.370 e. The SMILES string of the molecule is Cc1cc(N(C)C2CCCN(c3cccnn3)C2)ccn1. The lowest BCUT2D eigenvalue weighted by Crippen LogP contribution is -2.47. The lowest BCUT2D eigenvalue weighted by Gasteiger charge is -2.39. The summed E-state index contributed by atoms with van der Waals surface area (Å²) < 4.78 is 0. The van der Waals surface area contributed by atoms with Crippen molar-refractivity contribution in [2.24, 2.45) is 0 Å². The van der Waals surface area contributed by atoms with E-state index < -0.39 is 0 Å². The minimum atomic E-state index is 0.488. The van der Waals surface area contributed by atoms with E-state index in [0.717, 1.165) is 24.6 Å². The molecule has 0 amide bonds. The fraction of sp³-hybridized carbons (Fsp3) is 0.438. The van der Waals surface area contributed by atoms with E-state index in [2.05, 4.69) is 44.2 Å². The van der Waals surface area contributed by atoms with E-state index in [9.17, 15) is 0 Å². The number of rotatable bonds is 3. The Kier molecular flexibility index (Phi) is 3.99. The zero-order chi connectivity index (χ0) is 14.7. The summed E-state index contributed by atoms with van der Waals surface area (Å²) in [6.45, 7) is 4.07. The summed E-state index contributed by atoms with van der Waals surface area (Å²) in [5, 5.41) is 8.22. The normalized spacial score (nSPS) is 18.6. The van der Waals surface area contributed by atoms with E-state index >= 15 is 0 Å². The molecule has 1 aliphatic rings. The molecule has 1 unspecified atom stereocenters. The first-order valence-corrected chi connectivity index (χ1v) is 7.42. The molecule has 0 aliphatic carbocycles. The molecule has 2 aromatic heterocycles. The van der Waals surface area contributed by atoms with Gasteiger partial charge in [0.25, 0.3) is 0 Å². The molecule has 1 atom stereocenters. The van der Waals surface area contributed by atoms with Gasteiger partial charge in [0.15, 0.2) is 5.82 Å². The lowest BCUT2D eigenvalue weighted by molar-refractivity contribution is 0.484. The summed E-state index contributed by atoms with van der Waals surface area (Å²) >= 11 is 0. The molecular weight excluding hydrogens is 262 g/mol. The molecule has 0 saturated carbocycles. The van der Waals surface area contributed by atoms with Crippen molar-refractivity contribution < 1.29 is 0 Å². The summed E-state index contributed by atoms with van der Waals surface area (Å²) in [6.07, 6.45) is 5.98. The molecule has 0 N–H and O–H groups in total. The topological polar surface area (TPSA) is 45.2 Å². The average molecular weight is 283 g/mol. The number of aryl methyl sites for hydroxylation is 1. The van der Waals surface area contributed by atoms with Gasteiger partial charge < -0.3 is 9.80 Å². The zero-order valence-corrected chi connectivity index (χ0v) is 12.6. The van der Waals surface area contributed by atoms with E-state index in [1.165, 1.54) is 18.5 Å². The zero-order valence-electron chi connectivity index (χ0n) is 12.6. The Morgan fingerprint density at radius 3 is 2.95 bits per heavy atom. The first-order chi connectivity index (χ1) is 10.2. The molecule has 1 fully saturated rings. The van der Waals surface area contributed by atoms with Gasteiger partial charge in [-0.3, -0.25) is 4.98 Å². The summed E-state index contributed by atoms with van der Waals surface area (Å²) in [5.41, 5.74) is 2.29. The monoisotopic (exact) mass is 283 g/mol. The van der Waals surface area contributed by atoms with Crippen molar-refractivity contribution in [1.82, 2.24) is 15.2 Å². The maximum Gasteiger partial charge on any atom is 0.151 e. The minimum absolute atomic E-state index is 0.488. The van der Waals surface area contributed by atoms with Crippen LogP contribution in [0.5, 0.6) is 0 Å². The Morgan fingerprint density at radius 1 is 1.29 bits per heavy atom.